The molecule has 0 fully saturated rings. The van der Waals surface area contributed by atoms with E-state index in [0.29, 0.717) is 17.9 Å². The van der Waals surface area contributed by atoms with E-state index in [2.05, 4.69) is 5.32 Å². The van der Waals surface area contributed by atoms with E-state index in [4.69, 9.17) is 4.74 Å². The van der Waals surface area contributed by atoms with Crippen molar-refractivity contribution in [2.24, 2.45) is 0 Å². The SMILES string of the molecule is CNC1COc2cc(F)c(F)cc21. The number of halogens is 2. The summed E-state index contributed by atoms with van der Waals surface area (Å²) in [5, 5.41) is 2.95. The number of hydrogen-bond donors (Lipinski definition) is 1. The van der Waals surface area contributed by atoms with Crippen molar-refractivity contribution in [2.45, 2.75) is 6.04 Å². The first kappa shape index (κ1) is 8.44. The molecule has 70 valence electrons. The van der Waals surface area contributed by atoms with Crippen molar-refractivity contribution in [3.05, 3.63) is 29.3 Å². The quantitative estimate of drug-likeness (QED) is 0.717. The Labute approximate surface area is 74.5 Å². The van der Waals surface area contributed by atoms with Gasteiger partial charge in [-0.25, -0.2) is 8.78 Å². The van der Waals surface area contributed by atoms with Crippen LogP contribution in [-0.4, -0.2) is 13.7 Å². The molecule has 13 heavy (non-hydrogen) atoms. The third-order valence-electron chi connectivity index (χ3n) is 2.18. The monoisotopic (exact) mass is 185 g/mol. The highest BCUT2D eigenvalue weighted by atomic mass is 19.2. The molecule has 1 atom stereocenters. The average molecular weight is 185 g/mol. The Hall–Kier alpha value is -1.16. The molecule has 0 aliphatic carbocycles. The lowest BCUT2D eigenvalue weighted by atomic mass is 10.1. The second-order valence-electron chi connectivity index (χ2n) is 2.96. The molecule has 0 amide bonds. The molecule has 1 heterocycles. The van der Waals surface area contributed by atoms with Crippen LogP contribution in [0.15, 0.2) is 12.1 Å². The minimum absolute atomic E-state index is 0.0369. The zero-order chi connectivity index (χ0) is 9.42. The first-order valence-corrected chi connectivity index (χ1v) is 4.01. The van der Waals surface area contributed by atoms with Crippen molar-refractivity contribution < 1.29 is 13.5 Å². The van der Waals surface area contributed by atoms with Crippen LogP contribution >= 0.6 is 0 Å². The predicted octanol–water partition coefficient (Wildman–Crippen LogP) is 1.62. The summed E-state index contributed by atoms with van der Waals surface area (Å²) in [6.45, 7) is 0.425. The molecule has 0 spiro atoms. The molecule has 0 aromatic heterocycles. The Balaban J connectivity index is 2.47. The van der Waals surface area contributed by atoms with Crippen molar-refractivity contribution in [1.82, 2.24) is 5.32 Å². The van der Waals surface area contributed by atoms with Gasteiger partial charge >= 0.3 is 0 Å². The van der Waals surface area contributed by atoms with Gasteiger partial charge in [0, 0.05) is 11.6 Å². The molecule has 1 unspecified atom stereocenters. The van der Waals surface area contributed by atoms with Crippen LogP contribution in [0.3, 0.4) is 0 Å². The molecule has 0 saturated carbocycles. The molecule has 2 nitrogen and oxygen atoms in total. The fourth-order valence-electron chi connectivity index (χ4n) is 1.44. The van der Waals surface area contributed by atoms with Gasteiger partial charge in [-0.05, 0) is 13.1 Å². The number of nitrogens with one attached hydrogen (secondary N) is 1. The first-order valence-electron chi connectivity index (χ1n) is 4.01. The maximum Gasteiger partial charge on any atom is 0.162 e. The average Bonchev–Trinajstić information content (AvgIpc) is 2.48. The van der Waals surface area contributed by atoms with Gasteiger partial charge in [0.2, 0.25) is 0 Å². The fraction of sp³-hybridized carbons (Fsp3) is 0.333. The van der Waals surface area contributed by atoms with Gasteiger partial charge in [-0.1, -0.05) is 0 Å². The van der Waals surface area contributed by atoms with Crippen LogP contribution in [0.25, 0.3) is 0 Å². The minimum atomic E-state index is -0.865. The standard InChI is InChI=1S/C9H9F2NO/c1-12-8-4-13-9-3-7(11)6(10)2-5(8)9/h2-3,8,12H,4H2,1H3. The van der Waals surface area contributed by atoms with E-state index in [1.807, 2.05) is 0 Å². The van der Waals surface area contributed by atoms with Crippen molar-refractivity contribution in [1.29, 1.82) is 0 Å². The molecule has 2 rings (SSSR count). The number of benzene rings is 1. The summed E-state index contributed by atoms with van der Waals surface area (Å²) in [5.41, 5.74) is 0.682. The molecule has 0 bridgehead atoms. The highest BCUT2D eigenvalue weighted by Gasteiger charge is 2.24. The Kier molecular flexibility index (Phi) is 1.92. The summed E-state index contributed by atoms with van der Waals surface area (Å²) in [4.78, 5) is 0. The highest BCUT2D eigenvalue weighted by Crippen LogP contribution is 2.33. The summed E-state index contributed by atoms with van der Waals surface area (Å²) in [6.07, 6.45) is 0. The molecule has 1 aliphatic rings. The highest BCUT2D eigenvalue weighted by molar-refractivity contribution is 5.40. The lowest BCUT2D eigenvalue weighted by Crippen LogP contribution is -2.17. The van der Waals surface area contributed by atoms with E-state index in [1.165, 1.54) is 6.07 Å². The van der Waals surface area contributed by atoms with E-state index in [9.17, 15) is 8.78 Å². The van der Waals surface area contributed by atoms with E-state index in [1.54, 1.807) is 7.05 Å². The summed E-state index contributed by atoms with van der Waals surface area (Å²) >= 11 is 0. The van der Waals surface area contributed by atoms with E-state index in [-0.39, 0.29) is 6.04 Å². The number of hydrogen-bond acceptors (Lipinski definition) is 2. The second kappa shape index (κ2) is 2.96. The van der Waals surface area contributed by atoms with Crippen LogP contribution < -0.4 is 10.1 Å². The van der Waals surface area contributed by atoms with Crippen molar-refractivity contribution >= 4 is 0 Å². The number of rotatable bonds is 1. The van der Waals surface area contributed by atoms with Crippen LogP contribution in [-0.2, 0) is 0 Å². The lowest BCUT2D eigenvalue weighted by molar-refractivity contribution is 0.317. The fourth-order valence-corrected chi connectivity index (χ4v) is 1.44. The molecule has 0 radical (unpaired) electrons. The number of ether oxygens (including phenoxy) is 1. The minimum Gasteiger partial charge on any atom is -0.491 e. The van der Waals surface area contributed by atoms with Crippen LogP contribution in [0, 0.1) is 11.6 Å². The topological polar surface area (TPSA) is 21.3 Å². The largest absolute Gasteiger partial charge is 0.491 e. The summed E-state index contributed by atoms with van der Waals surface area (Å²) in [7, 11) is 1.75. The molecular weight excluding hydrogens is 176 g/mol. The van der Waals surface area contributed by atoms with Gasteiger partial charge < -0.3 is 10.1 Å². The molecule has 1 N–H and O–H groups in total. The predicted molar refractivity (Wildman–Crippen MR) is 43.7 cm³/mol. The van der Waals surface area contributed by atoms with Crippen LogP contribution in [0.4, 0.5) is 8.78 Å². The Morgan fingerprint density at radius 2 is 2.08 bits per heavy atom. The van der Waals surface area contributed by atoms with Crippen molar-refractivity contribution in [2.75, 3.05) is 13.7 Å². The zero-order valence-electron chi connectivity index (χ0n) is 7.10. The van der Waals surface area contributed by atoms with E-state index in [0.717, 1.165) is 6.07 Å². The first-order chi connectivity index (χ1) is 6.22. The van der Waals surface area contributed by atoms with E-state index >= 15 is 0 Å². The molecular formula is C9H9F2NO. The maximum atomic E-state index is 12.8. The van der Waals surface area contributed by atoms with Crippen LogP contribution in [0.2, 0.25) is 0 Å². The maximum absolute atomic E-state index is 12.8. The normalized spacial score (nSPS) is 19.8. The molecule has 0 saturated heterocycles. The van der Waals surface area contributed by atoms with Gasteiger partial charge in [0.15, 0.2) is 11.6 Å². The summed E-state index contributed by atoms with van der Waals surface area (Å²) in [6, 6.07) is 2.23. The third kappa shape index (κ3) is 1.27. The molecule has 4 heteroatoms. The van der Waals surface area contributed by atoms with Gasteiger partial charge in [0.05, 0.1) is 6.04 Å². The zero-order valence-corrected chi connectivity index (χ0v) is 7.10. The van der Waals surface area contributed by atoms with Gasteiger partial charge in [0.1, 0.15) is 12.4 Å². The number of likely N-dealkylation sites (N-methyl/N-ethyl adjacent to an activating group) is 1. The van der Waals surface area contributed by atoms with Crippen molar-refractivity contribution in [3.8, 4) is 5.75 Å². The van der Waals surface area contributed by atoms with Gasteiger partial charge in [0.25, 0.3) is 0 Å². The van der Waals surface area contributed by atoms with E-state index < -0.39 is 11.6 Å². The Bertz CT molecular complexity index is 341. The third-order valence-corrected chi connectivity index (χ3v) is 2.18. The van der Waals surface area contributed by atoms with Crippen LogP contribution in [0.5, 0.6) is 5.75 Å². The summed E-state index contributed by atoms with van der Waals surface area (Å²) in [5.74, 6) is -1.27. The van der Waals surface area contributed by atoms with Crippen molar-refractivity contribution in [3.63, 3.8) is 0 Å². The molecule has 1 aromatic carbocycles. The molecule has 1 aromatic rings. The lowest BCUT2D eigenvalue weighted by Gasteiger charge is -2.05. The molecule has 1 aliphatic heterocycles. The Morgan fingerprint density at radius 3 is 2.77 bits per heavy atom. The summed E-state index contributed by atoms with van der Waals surface area (Å²) < 4.78 is 30.7. The Morgan fingerprint density at radius 1 is 1.38 bits per heavy atom. The van der Waals surface area contributed by atoms with Crippen LogP contribution in [0.1, 0.15) is 11.6 Å². The smallest absolute Gasteiger partial charge is 0.162 e. The number of fused-ring (bicyclic) bond motifs is 1. The van der Waals surface area contributed by atoms with Gasteiger partial charge in [-0.15, -0.1) is 0 Å². The second-order valence-corrected chi connectivity index (χ2v) is 2.96. The van der Waals surface area contributed by atoms with Gasteiger partial charge in [-0.3, -0.25) is 0 Å². The van der Waals surface area contributed by atoms with Gasteiger partial charge in [-0.2, -0.15) is 0 Å².